The van der Waals surface area contributed by atoms with Gasteiger partial charge in [0.05, 0.1) is 0 Å². The Hall–Kier alpha value is -0.740. The molecular weight excluding hydrogens is 96.1 g/mol. The summed E-state index contributed by atoms with van der Waals surface area (Å²) in [7, 11) is 0. The van der Waals surface area contributed by atoms with Crippen LogP contribution in [0.1, 0.15) is 19.8 Å². The molecule has 0 bridgehead atoms. The predicted molar refractivity (Wildman–Crippen MR) is 37.8 cm³/mol. The fourth-order valence-electron chi connectivity index (χ4n) is 0.402. The fraction of sp³-hybridized carbons (Fsp3) is 0.375. The molecule has 0 saturated heterocycles. The molecule has 0 heterocycles. The molecular formula is C8H12. The summed E-state index contributed by atoms with van der Waals surface area (Å²) < 4.78 is 0. The molecule has 0 nitrogen and oxygen atoms in total. The quantitative estimate of drug-likeness (QED) is 0.296. The van der Waals surface area contributed by atoms with Crippen LogP contribution in [0.3, 0.4) is 0 Å². The molecule has 0 rings (SSSR count). The van der Waals surface area contributed by atoms with Crippen LogP contribution in [0.15, 0.2) is 30.5 Å². The van der Waals surface area contributed by atoms with Gasteiger partial charge in [-0.15, -0.1) is 12.3 Å². The summed E-state index contributed by atoms with van der Waals surface area (Å²) in [5.74, 6) is 0. The van der Waals surface area contributed by atoms with E-state index in [1.54, 1.807) is 0 Å². The molecule has 0 heteroatoms. The summed E-state index contributed by atoms with van der Waals surface area (Å²) in [4.78, 5) is 0. The summed E-state index contributed by atoms with van der Waals surface area (Å²) in [6.07, 6.45) is 7.95. The number of unbranched alkanes of at least 4 members (excludes halogenated alkanes) is 1. The molecule has 8 heavy (non-hydrogen) atoms. The summed E-state index contributed by atoms with van der Waals surface area (Å²) >= 11 is 0. The fourth-order valence-corrected chi connectivity index (χ4v) is 0.402. The molecule has 0 radical (unpaired) electrons. The van der Waals surface area contributed by atoms with Crippen molar-refractivity contribution >= 4 is 0 Å². The predicted octanol–water partition coefficient (Wildman–Crippen LogP) is 2.68. The summed E-state index contributed by atoms with van der Waals surface area (Å²) in [6.45, 7) is 5.56. The average Bonchev–Trinajstić information content (AvgIpc) is 1.81. The lowest BCUT2D eigenvalue weighted by molar-refractivity contribution is 1.06. The van der Waals surface area contributed by atoms with E-state index in [4.69, 9.17) is 0 Å². The van der Waals surface area contributed by atoms with Crippen molar-refractivity contribution in [3.8, 4) is 0 Å². The highest BCUT2D eigenvalue weighted by atomic mass is 13.7. The normalized spacial score (nSPS) is 7.12. The van der Waals surface area contributed by atoms with E-state index in [-0.39, 0.29) is 0 Å². The van der Waals surface area contributed by atoms with Crippen molar-refractivity contribution in [1.29, 1.82) is 0 Å². The van der Waals surface area contributed by atoms with Crippen molar-refractivity contribution in [3.63, 3.8) is 0 Å². The van der Waals surface area contributed by atoms with E-state index in [0.29, 0.717) is 0 Å². The number of allylic oxidation sites excluding steroid dienone is 2. The van der Waals surface area contributed by atoms with Crippen LogP contribution in [-0.4, -0.2) is 0 Å². The van der Waals surface area contributed by atoms with E-state index in [2.05, 4.69) is 12.3 Å². The van der Waals surface area contributed by atoms with Crippen molar-refractivity contribution in [2.75, 3.05) is 0 Å². The van der Waals surface area contributed by atoms with Gasteiger partial charge in [0.2, 0.25) is 0 Å². The summed E-state index contributed by atoms with van der Waals surface area (Å²) in [5, 5.41) is 0. The lowest BCUT2D eigenvalue weighted by atomic mass is 10.3. The van der Waals surface area contributed by atoms with Gasteiger partial charge >= 0.3 is 0 Å². The largest absolute Gasteiger partial charge is 0.130 e. The molecule has 0 aromatic heterocycles. The molecule has 44 valence electrons. The van der Waals surface area contributed by atoms with E-state index in [0.717, 1.165) is 12.8 Å². The smallest absolute Gasteiger partial charge is 0.0240 e. The third-order valence-electron chi connectivity index (χ3n) is 0.800. The molecule has 0 atom stereocenters. The Kier molecular flexibility index (Phi) is 5.68. The highest BCUT2D eigenvalue weighted by Crippen LogP contribution is 1.88. The average molecular weight is 108 g/mol. The first-order valence-electron chi connectivity index (χ1n) is 2.88. The minimum atomic E-state index is 1.06. The van der Waals surface area contributed by atoms with Crippen molar-refractivity contribution in [2.24, 2.45) is 0 Å². The van der Waals surface area contributed by atoms with Gasteiger partial charge in [0.15, 0.2) is 0 Å². The van der Waals surface area contributed by atoms with Crippen molar-refractivity contribution in [1.82, 2.24) is 0 Å². The van der Waals surface area contributed by atoms with Crippen molar-refractivity contribution < 1.29 is 0 Å². The second kappa shape index (κ2) is 6.26. The lowest BCUT2D eigenvalue weighted by Crippen LogP contribution is -1.57. The molecule has 0 aliphatic carbocycles. The Bertz CT molecular complexity index is 103. The molecule has 0 aromatic carbocycles. The van der Waals surface area contributed by atoms with Gasteiger partial charge in [-0.3, -0.25) is 0 Å². The first kappa shape index (κ1) is 7.26. The zero-order valence-electron chi connectivity index (χ0n) is 5.35. The van der Waals surface area contributed by atoms with Crippen LogP contribution in [0.4, 0.5) is 0 Å². The lowest BCUT2D eigenvalue weighted by Gasteiger charge is -1.77. The van der Waals surface area contributed by atoms with Crippen LogP contribution in [0.2, 0.25) is 0 Å². The number of hydrogen-bond acceptors (Lipinski definition) is 0. The molecule has 0 N–H and O–H groups in total. The van der Waals surface area contributed by atoms with E-state index in [1.165, 1.54) is 0 Å². The molecule has 0 aliphatic heterocycles. The third kappa shape index (κ3) is 5.26. The Morgan fingerprint density at radius 2 is 2.25 bits per heavy atom. The highest BCUT2D eigenvalue weighted by Gasteiger charge is 1.68. The van der Waals surface area contributed by atoms with Gasteiger partial charge < -0.3 is 0 Å². The standard InChI is InChI=1S/C8H12/c1-3-5-7-8-6-4-2/h3-4,8H,1,5,7H2,2H3. The van der Waals surface area contributed by atoms with Crippen LogP contribution in [0, 0.1) is 0 Å². The van der Waals surface area contributed by atoms with Crippen molar-refractivity contribution in [2.45, 2.75) is 19.8 Å². The van der Waals surface area contributed by atoms with Gasteiger partial charge in [0.25, 0.3) is 0 Å². The topological polar surface area (TPSA) is 0 Å². The van der Waals surface area contributed by atoms with Crippen LogP contribution in [0.25, 0.3) is 0 Å². The van der Waals surface area contributed by atoms with E-state index < -0.39 is 0 Å². The SMILES string of the molecule is C=CCCC=C=CC. The van der Waals surface area contributed by atoms with Crippen molar-refractivity contribution in [3.05, 3.63) is 30.5 Å². The summed E-state index contributed by atoms with van der Waals surface area (Å²) in [5.41, 5.74) is 2.99. The molecule has 0 spiro atoms. The third-order valence-corrected chi connectivity index (χ3v) is 0.800. The van der Waals surface area contributed by atoms with Gasteiger partial charge in [-0.05, 0) is 31.9 Å². The number of hydrogen-bond donors (Lipinski definition) is 0. The van der Waals surface area contributed by atoms with Crippen LogP contribution < -0.4 is 0 Å². The maximum atomic E-state index is 3.60. The maximum absolute atomic E-state index is 3.60. The Balaban J connectivity index is 3.16. The first-order chi connectivity index (χ1) is 3.91. The molecule has 0 saturated carbocycles. The first-order valence-corrected chi connectivity index (χ1v) is 2.88. The molecule has 0 fully saturated rings. The van der Waals surface area contributed by atoms with Gasteiger partial charge in [0, 0.05) is 0 Å². The van der Waals surface area contributed by atoms with Gasteiger partial charge in [-0.1, -0.05) is 6.08 Å². The molecule has 0 amide bonds. The molecule has 0 aliphatic rings. The summed E-state index contributed by atoms with van der Waals surface area (Å²) in [6, 6.07) is 0. The maximum Gasteiger partial charge on any atom is -0.0240 e. The zero-order valence-corrected chi connectivity index (χ0v) is 5.35. The minimum Gasteiger partial charge on any atom is -0.130 e. The molecule has 0 aromatic rings. The van der Waals surface area contributed by atoms with Crippen LogP contribution in [0.5, 0.6) is 0 Å². The Labute approximate surface area is 51.2 Å². The van der Waals surface area contributed by atoms with Gasteiger partial charge in [0.1, 0.15) is 0 Å². The number of rotatable bonds is 3. The minimum absolute atomic E-state index is 1.06. The van der Waals surface area contributed by atoms with Crippen LogP contribution in [-0.2, 0) is 0 Å². The van der Waals surface area contributed by atoms with Gasteiger partial charge in [-0.2, -0.15) is 0 Å². The Morgan fingerprint density at radius 3 is 2.75 bits per heavy atom. The second-order valence-corrected chi connectivity index (χ2v) is 1.53. The molecule has 0 unspecified atom stereocenters. The second-order valence-electron chi connectivity index (χ2n) is 1.53. The van der Waals surface area contributed by atoms with E-state index >= 15 is 0 Å². The monoisotopic (exact) mass is 108 g/mol. The van der Waals surface area contributed by atoms with E-state index in [1.807, 2.05) is 25.2 Å². The highest BCUT2D eigenvalue weighted by molar-refractivity contribution is 4.83. The Morgan fingerprint density at radius 1 is 1.50 bits per heavy atom. The van der Waals surface area contributed by atoms with E-state index in [9.17, 15) is 0 Å². The zero-order chi connectivity index (χ0) is 6.24. The van der Waals surface area contributed by atoms with Gasteiger partial charge in [-0.25, -0.2) is 0 Å². The van der Waals surface area contributed by atoms with Crippen LogP contribution >= 0.6 is 0 Å².